The average molecular weight is 264 g/mol. The molecule has 2 aliphatic rings. The number of fused-ring (bicyclic) bond motifs is 2. The quantitative estimate of drug-likeness (QED) is 0.885. The van der Waals surface area contributed by atoms with Crippen LogP contribution in [0.1, 0.15) is 12.8 Å². The molecule has 0 aromatic carbocycles. The molecular formula is C9H14ClN3O2S. The number of methoxy groups -OCH3 is 1. The number of nitrogens with zero attached hydrogens (tertiary/aromatic N) is 2. The first-order valence-electron chi connectivity index (χ1n) is 5.13. The second-order valence-corrected chi connectivity index (χ2v) is 4.62. The number of halogens is 1. The second-order valence-electron chi connectivity index (χ2n) is 4.09. The van der Waals surface area contributed by atoms with Gasteiger partial charge in [-0.2, -0.15) is 0 Å². The van der Waals surface area contributed by atoms with Gasteiger partial charge in [0.25, 0.3) is 11.8 Å². The highest BCUT2D eigenvalue weighted by Gasteiger charge is 2.41. The van der Waals surface area contributed by atoms with E-state index in [1.165, 1.54) is 6.42 Å². The minimum Gasteiger partial charge on any atom is -0.477 e. The van der Waals surface area contributed by atoms with Gasteiger partial charge in [0.1, 0.15) is 6.10 Å². The summed E-state index contributed by atoms with van der Waals surface area (Å²) in [5, 5.41) is 3.45. The Balaban J connectivity index is 0.000000963. The van der Waals surface area contributed by atoms with Gasteiger partial charge in [0.15, 0.2) is 0 Å². The van der Waals surface area contributed by atoms with Gasteiger partial charge in [0, 0.05) is 6.04 Å². The zero-order valence-corrected chi connectivity index (χ0v) is 10.5. The summed E-state index contributed by atoms with van der Waals surface area (Å²) in [7, 11) is 1.59. The van der Waals surface area contributed by atoms with Crippen molar-refractivity contribution in [2.45, 2.75) is 25.0 Å². The zero-order chi connectivity index (χ0) is 10.3. The van der Waals surface area contributed by atoms with E-state index in [9.17, 15) is 0 Å². The van der Waals surface area contributed by atoms with Crippen molar-refractivity contribution < 1.29 is 9.47 Å². The Bertz CT molecular complexity index is 362. The maximum Gasteiger partial charge on any atom is 0.291 e. The molecule has 2 fully saturated rings. The van der Waals surface area contributed by atoms with E-state index in [1.54, 1.807) is 7.11 Å². The largest absolute Gasteiger partial charge is 0.477 e. The lowest BCUT2D eigenvalue weighted by Gasteiger charge is -2.22. The SMILES string of the molecule is COc1nsnc1OC1CC2CNC1C2.Cl. The molecule has 1 aliphatic carbocycles. The molecule has 5 nitrogen and oxygen atoms in total. The standard InChI is InChI=1S/C9H13N3O2S.ClH/c1-13-8-9(12-15-11-8)14-7-3-5-2-6(7)10-4-5;/h5-7,10H,2-4H2,1H3;1H. The zero-order valence-electron chi connectivity index (χ0n) is 8.88. The molecule has 2 bridgehead atoms. The van der Waals surface area contributed by atoms with Crippen molar-refractivity contribution in [3.8, 4) is 11.8 Å². The summed E-state index contributed by atoms with van der Waals surface area (Å²) in [6.07, 6.45) is 2.59. The Morgan fingerprint density at radius 1 is 1.31 bits per heavy atom. The van der Waals surface area contributed by atoms with Crippen molar-refractivity contribution in [2.24, 2.45) is 5.92 Å². The molecule has 1 aliphatic heterocycles. The lowest BCUT2D eigenvalue weighted by molar-refractivity contribution is 0.147. The molecule has 1 saturated heterocycles. The van der Waals surface area contributed by atoms with Crippen LogP contribution < -0.4 is 14.8 Å². The first kappa shape index (κ1) is 11.9. The Hall–Kier alpha value is -0.590. The maximum absolute atomic E-state index is 5.82. The van der Waals surface area contributed by atoms with Crippen molar-refractivity contribution in [3.05, 3.63) is 0 Å². The van der Waals surface area contributed by atoms with E-state index in [2.05, 4.69) is 14.1 Å². The summed E-state index contributed by atoms with van der Waals surface area (Å²) >= 11 is 1.12. The van der Waals surface area contributed by atoms with E-state index in [-0.39, 0.29) is 18.5 Å². The normalized spacial score (nSPS) is 31.2. The van der Waals surface area contributed by atoms with Crippen molar-refractivity contribution in [1.29, 1.82) is 0 Å². The van der Waals surface area contributed by atoms with Crippen molar-refractivity contribution in [2.75, 3.05) is 13.7 Å². The third-order valence-corrected chi connectivity index (χ3v) is 3.65. The Kier molecular flexibility index (Phi) is 3.51. The van der Waals surface area contributed by atoms with Gasteiger partial charge in [0.2, 0.25) is 0 Å². The van der Waals surface area contributed by atoms with Crippen LogP contribution in [0.5, 0.6) is 11.8 Å². The molecular weight excluding hydrogens is 250 g/mol. The van der Waals surface area contributed by atoms with Gasteiger partial charge < -0.3 is 14.8 Å². The predicted molar refractivity (Wildman–Crippen MR) is 62.6 cm³/mol. The number of piperidine rings is 1. The molecule has 1 saturated carbocycles. The number of nitrogens with one attached hydrogen (secondary N) is 1. The summed E-state index contributed by atoms with van der Waals surface area (Å²) in [4.78, 5) is 0. The summed E-state index contributed by atoms with van der Waals surface area (Å²) in [5.41, 5.74) is 0. The molecule has 90 valence electrons. The minimum absolute atomic E-state index is 0. The van der Waals surface area contributed by atoms with Crippen molar-refractivity contribution >= 4 is 24.1 Å². The molecule has 7 heteroatoms. The summed E-state index contributed by atoms with van der Waals surface area (Å²) in [6, 6.07) is 0.487. The average Bonchev–Trinajstić information content (AvgIpc) is 2.92. The van der Waals surface area contributed by atoms with Crippen LogP contribution in [-0.4, -0.2) is 34.5 Å². The van der Waals surface area contributed by atoms with Crippen LogP contribution in [0.25, 0.3) is 0 Å². The van der Waals surface area contributed by atoms with E-state index in [0.29, 0.717) is 17.8 Å². The van der Waals surface area contributed by atoms with E-state index in [1.807, 2.05) is 0 Å². The Morgan fingerprint density at radius 2 is 2.12 bits per heavy atom. The van der Waals surface area contributed by atoms with Crippen LogP contribution >= 0.6 is 24.1 Å². The highest BCUT2D eigenvalue weighted by molar-refractivity contribution is 6.99. The third kappa shape index (κ3) is 1.97. The summed E-state index contributed by atoms with van der Waals surface area (Å²) in [5.74, 6) is 1.82. The highest BCUT2D eigenvalue weighted by atomic mass is 35.5. The monoisotopic (exact) mass is 263 g/mol. The fourth-order valence-corrected chi connectivity index (χ4v) is 2.91. The van der Waals surface area contributed by atoms with Crippen LogP contribution in [0, 0.1) is 5.92 Å². The van der Waals surface area contributed by atoms with Crippen LogP contribution in [0.3, 0.4) is 0 Å². The highest BCUT2D eigenvalue weighted by Crippen LogP contribution is 2.35. The van der Waals surface area contributed by atoms with Gasteiger partial charge >= 0.3 is 0 Å². The topological polar surface area (TPSA) is 56.3 Å². The van der Waals surface area contributed by atoms with E-state index < -0.39 is 0 Å². The van der Waals surface area contributed by atoms with Gasteiger partial charge in [-0.1, -0.05) is 0 Å². The van der Waals surface area contributed by atoms with Crippen molar-refractivity contribution in [3.63, 3.8) is 0 Å². The molecule has 1 N–H and O–H groups in total. The first-order valence-corrected chi connectivity index (χ1v) is 5.86. The third-order valence-electron chi connectivity index (χ3n) is 3.16. The second kappa shape index (κ2) is 4.73. The molecule has 3 atom stereocenters. The van der Waals surface area contributed by atoms with Gasteiger partial charge in [-0.15, -0.1) is 21.2 Å². The van der Waals surface area contributed by atoms with Gasteiger partial charge in [0.05, 0.1) is 18.8 Å². The minimum atomic E-state index is 0. The molecule has 0 radical (unpaired) electrons. The lowest BCUT2D eigenvalue weighted by Crippen LogP contribution is -2.40. The molecule has 3 unspecified atom stereocenters. The van der Waals surface area contributed by atoms with Crippen LogP contribution in [-0.2, 0) is 0 Å². The van der Waals surface area contributed by atoms with Crippen LogP contribution in [0.2, 0.25) is 0 Å². The van der Waals surface area contributed by atoms with E-state index in [4.69, 9.17) is 9.47 Å². The van der Waals surface area contributed by atoms with E-state index >= 15 is 0 Å². The maximum atomic E-state index is 5.82. The number of rotatable bonds is 3. The number of ether oxygens (including phenoxy) is 2. The number of hydrogen-bond donors (Lipinski definition) is 1. The lowest BCUT2D eigenvalue weighted by atomic mass is 10.1. The number of hydrogen-bond acceptors (Lipinski definition) is 6. The summed E-state index contributed by atoms with van der Waals surface area (Å²) < 4.78 is 19.0. The van der Waals surface area contributed by atoms with E-state index in [0.717, 1.165) is 30.6 Å². The fourth-order valence-electron chi connectivity index (χ4n) is 2.44. The molecule has 0 spiro atoms. The van der Waals surface area contributed by atoms with Gasteiger partial charge in [-0.05, 0) is 25.3 Å². The number of aromatic nitrogens is 2. The molecule has 3 rings (SSSR count). The van der Waals surface area contributed by atoms with Gasteiger partial charge in [-0.3, -0.25) is 0 Å². The molecule has 1 aromatic heterocycles. The summed E-state index contributed by atoms with van der Waals surface area (Å²) in [6.45, 7) is 1.14. The van der Waals surface area contributed by atoms with Crippen molar-refractivity contribution in [1.82, 2.24) is 14.1 Å². The molecule has 2 heterocycles. The molecule has 1 aromatic rings. The van der Waals surface area contributed by atoms with Crippen LogP contribution in [0.4, 0.5) is 0 Å². The smallest absolute Gasteiger partial charge is 0.291 e. The molecule has 16 heavy (non-hydrogen) atoms. The Labute approximate surface area is 104 Å². The fraction of sp³-hybridized carbons (Fsp3) is 0.778. The Morgan fingerprint density at radius 3 is 2.75 bits per heavy atom. The predicted octanol–water partition coefficient (Wildman–Crippen LogP) is 1.10. The van der Waals surface area contributed by atoms with Gasteiger partial charge in [-0.25, -0.2) is 0 Å². The molecule has 0 amide bonds. The van der Waals surface area contributed by atoms with Crippen LogP contribution in [0.15, 0.2) is 0 Å². The first-order chi connectivity index (χ1) is 7.36.